The number of piperidine rings is 1. The highest BCUT2D eigenvalue weighted by atomic mass is 32.2. The molecule has 8 nitrogen and oxygen atoms in total. The Balaban J connectivity index is 1.93. The van der Waals surface area contributed by atoms with Gasteiger partial charge in [-0.2, -0.15) is 22.1 Å². The van der Waals surface area contributed by atoms with Gasteiger partial charge in [0.25, 0.3) is 16.1 Å². The van der Waals surface area contributed by atoms with E-state index in [1.54, 1.807) is 17.9 Å². The summed E-state index contributed by atoms with van der Waals surface area (Å²) in [7, 11) is -1.98. The highest BCUT2D eigenvalue weighted by Gasteiger charge is 2.35. The third-order valence-electron chi connectivity index (χ3n) is 5.22. The number of hydrogen-bond acceptors (Lipinski definition) is 4. The van der Waals surface area contributed by atoms with Gasteiger partial charge in [0.1, 0.15) is 0 Å². The molecule has 1 aromatic carbocycles. The van der Waals surface area contributed by atoms with Crippen LogP contribution in [0.3, 0.4) is 0 Å². The van der Waals surface area contributed by atoms with E-state index in [0.29, 0.717) is 24.2 Å². The summed E-state index contributed by atoms with van der Waals surface area (Å²) in [4.78, 5) is 12.0. The van der Waals surface area contributed by atoms with E-state index in [1.165, 1.54) is 8.61 Å². The Kier molecular flexibility index (Phi) is 5.87. The lowest BCUT2D eigenvalue weighted by atomic mass is 9.93. The number of primary amides is 1. The van der Waals surface area contributed by atoms with Crippen LogP contribution in [0.1, 0.15) is 48.7 Å². The second kappa shape index (κ2) is 8.02. The third kappa shape index (κ3) is 3.96. The maximum Gasteiger partial charge on any atom is 0.281 e. The van der Waals surface area contributed by atoms with E-state index in [2.05, 4.69) is 5.10 Å². The molecule has 1 aliphatic rings. The van der Waals surface area contributed by atoms with Gasteiger partial charge in [-0.3, -0.25) is 4.79 Å². The van der Waals surface area contributed by atoms with Crippen molar-refractivity contribution >= 4 is 16.1 Å². The number of rotatable bonds is 6. The molecule has 1 saturated heterocycles. The molecule has 2 aromatic rings. The van der Waals surface area contributed by atoms with Crippen molar-refractivity contribution in [2.75, 3.05) is 20.1 Å². The average molecular weight is 406 g/mol. The molecule has 28 heavy (non-hydrogen) atoms. The zero-order chi connectivity index (χ0) is 20.5. The van der Waals surface area contributed by atoms with Gasteiger partial charge < -0.3 is 5.73 Å². The Morgan fingerprint density at radius 2 is 1.96 bits per heavy atom. The Morgan fingerprint density at radius 3 is 2.57 bits per heavy atom. The maximum absolute atomic E-state index is 12.9. The summed E-state index contributed by atoms with van der Waals surface area (Å²) in [6.07, 6.45) is 3.08. The number of amides is 1. The second-order valence-corrected chi connectivity index (χ2v) is 9.38. The number of aromatic nitrogens is 2. The molecular weight excluding hydrogens is 378 g/mol. The van der Waals surface area contributed by atoms with Crippen LogP contribution in [0.25, 0.3) is 5.69 Å². The largest absolute Gasteiger partial charge is 0.365 e. The maximum atomic E-state index is 12.9. The number of carbonyl (C=O) groups is 1. The molecule has 0 radical (unpaired) electrons. The molecule has 1 aliphatic heterocycles. The first-order chi connectivity index (χ1) is 13.2. The van der Waals surface area contributed by atoms with Gasteiger partial charge in [-0.25, -0.2) is 4.68 Å². The molecule has 3 rings (SSSR count). The number of carbonyl (C=O) groups excluding carboxylic acids is 1. The van der Waals surface area contributed by atoms with Gasteiger partial charge in [-0.15, -0.1) is 0 Å². The summed E-state index contributed by atoms with van der Waals surface area (Å²) >= 11 is 0. The number of nitrogens with two attached hydrogens (primary N) is 1. The molecule has 0 spiro atoms. The minimum Gasteiger partial charge on any atom is -0.365 e. The Bertz CT molecular complexity index is 940. The first-order valence-corrected chi connectivity index (χ1v) is 10.8. The number of benzene rings is 1. The Morgan fingerprint density at radius 1 is 1.29 bits per heavy atom. The van der Waals surface area contributed by atoms with E-state index in [-0.39, 0.29) is 18.5 Å². The number of para-hydroxylation sites is 1. The summed E-state index contributed by atoms with van der Waals surface area (Å²) in [5, 5.41) is 4.60. The molecule has 1 fully saturated rings. The van der Waals surface area contributed by atoms with E-state index < -0.39 is 16.1 Å². The highest BCUT2D eigenvalue weighted by molar-refractivity contribution is 7.86. The van der Waals surface area contributed by atoms with E-state index in [0.717, 1.165) is 12.1 Å². The molecule has 1 unspecified atom stereocenters. The molecule has 2 N–H and O–H groups in total. The monoisotopic (exact) mass is 405 g/mol. The van der Waals surface area contributed by atoms with Gasteiger partial charge in [-0.05, 0) is 38.8 Å². The summed E-state index contributed by atoms with van der Waals surface area (Å²) in [5.74, 6) is -0.743. The van der Waals surface area contributed by atoms with Crippen LogP contribution in [0.15, 0.2) is 36.5 Å². The van der Waals surface area contributed by atoms with Crippen molar-refractivity contribution in [2.24, 2.45) is 5.73 Å². The molecule has 0 aliphatic carbocycles. The van der Waals surface area contributed by atoms with E-state index in [1.807, 2.05) is 44.2 Å². The Hall–Kier alpha value is -2.23. The smallest absolute Gasteiger partial charge is 0.281 e. The van der Waals surface area contributed by atoms with Crippen molar-refractivity contribution in [3.63, 3.8) is 0 Å². The van der Waals surface area contributed by atoms with Crippen LogP contribution in [0.5, 0.6) is 0 Å². The van der Waals surface area contributed by atoms with Crippen molar-refractivity contribution < 1.29 is 13.2 Å². The van der Waals surface area contributed by atoms with Gasteiger partial charge in [0.05, 0.1) is 16.9 Å². The summed E-state index contributed by atoms with van der Waals surface area (Å²) < 4.78 is 30.2. The van der Waals surface area contributed by atoms with Crippen LogP contribution in [0.2, 0.25) is 0 Å². The summed E-state index contributed by atoms with van der Waals surface area (Å²) in [5.41, 5.74) is 7.30. The van der Waals surface area contributed by atoms with Gasteiger partial charge >= 0.3 is 0 Å². The molecule has 1 atom stereocenters. The predicted octanol–water partition coefficient (Wildman–Crippen LogP) is 1.74. The van der Waals surface area contributed by atoms with Crippen LogP contribution in [-0.4, -0.2) is 58.9 Å². The normalized spacial score (nSPS) is 18.7. The van der Waals surface area contributed by atoms with Crippen molar-refractivity contribution in [3.05, 3.63) is 47.8 Å². The fraction of sp³-hybridized carbons (Fsp3) is 0.474. The highest BCUT2D eigenvalue weighted by Crippen LogP contribution is 2.31. The molecule has 1 aromatic heterocycles. The van der Waals surface area contributed by atoms with Crippen molar-refractivity contribution in [1.29, 1.82) is 0 Å². The second-order valence-electron chi connectivity index (χ2n) is 7.39. The van der Waals surface area contributed by atoms with Crippen molar-refractivity contribution in [1.82, 2.24) is 18.4 Å². The average Bonchev–Trinajstić information content (AvgIpc) is 3.14. The molecule has 1 amide bonds. The van der Waals surface area contributed by atoms with Crippen LogP contribution in [0.4, 0.5) is 0 Å². The first-order valence-electron chi connectivity index (χ1n) is 9.39. The van der Waals surface area contributed by atoms with Crippen LogP contribution < -0.4 is 5.73 Å². The molecule has 0 bridgehead atoms. The number of hydrogen-bond donors (Lipinski definition) is 1. The Labute approximate surface area is 166 Å². The topological polar surface area (TPSA) is 102 Å². The lowest BCUT2D eigenvalue weighted by Gasteiger charge is -2.35. The molecule has 9 heteroatoms. The van der Waals surface area contributed by atoms with Gasteiger partial charge in [0, 0.05) is 38.3 Å². The SMILES string of the molecule is CC(C)N(C)S(=O)(=O)N1CCCC(c2nn(-c3ccccc3)cc2C(N)=O)C1. The quantitative estimate of drug-likeness (QED) is 0.791. The van der Waals surface area contributed by atoms with E-state index >= 15 is 0 Å². The van der Waals surface area contributed by atoms with E-state index in [9.17, 15) is 13.2 Å². The molecule has 152 valence electrons. The van der Waals surface area contributed by atoms with Crippen LogP contribution in [-0.2, 0) is 10.2 Å². The standard InChI is InChI=1S/C19H27N5O3S/c1-14(2)22(3)28(26,27)23-11-7-8-15(12-23)18-17(19(20)25)13-24(21-18)16-9-5-4-6-10-16/h4-6,9-10,13-15H,7-8,11-12H2,1-3H3,(H2,20,25). The first kappa shape index (κ1) is 20.5. The van der Waals surface area contributed by atoms with Gasteiger partial charge in [0.2, 0.25) is 0 Å². The van der Waals surface area contributed by atoms with Crippen LogP contribution in [0, 0.1) is 0 Å². The predicted molar refractivity (Wildman–Crippen MR) is 107 cm³/mol. The fourth-order valence-corrected chi connectivity index (χ4v) is 5.04. The zero-order valence-electron chi connectivity index (χ0n) is 16.4. The van der Waals surface area contributed by atoms with Crippen molar-refractivity contribution in [2.45, 2.75) is 38.6 Å². The number of nitrogens with zero attached hydrogens (tertiary/aromatic N) is 4. The lowest BCUT2D eigenvalue weighted by molar-refractivity contribution is 0.0998. The van der Waals surface area contributed by atoms with E-state index in [4.69, 9.17) is 5.73 Å². The van der Waals surface area contributed by atoms with Crippen LogP contribution >= 0.6 is 0 Å². The fourth-order valence-electron chi connectivity index (χ4n) is 3.42. The minimum atomic E-state index is -3.56. The third-order valence-corrected chi connectivity index (χ3v) is 7.35. The van der Waals surface area contributed by atoms with Gasteiger partial charge in [-0.1, -0.05) is 18.2 Å². The van der Waals surface area contributed by atoms with Gasteiger partial charge in [0.15, 0.2) is 0 Å². The van der Waals surface area contributed by atoms with Crippen molar-refractivity contribution in [3.8, 4) is 5.69 Å². The lowest BCUT2D eigenvalue weighted by Crippen LogP contribution is -2.48. The summed E-state index contributed by atoms with van der Waals surface area (Å²) in [6.45, 7) is 4.42. The zero-order valence-corrected chi connectivity index (χ0v) is 17.3. The molecule has 2 heterocycles. The molecule has 0 saturated carbocycles. The summed E-state index contributed by atoms with van der Waals surface area (Å²) in [6, 6.07) is 9.31. The molecular formula is C19H27N5O3S. The minimum absolute atomic E-state index is 0.135.